The number of hydrogen-bond acceptors (Lipinski definition) is 3. The molecule has 0 amide bonds. The molecule has 24 heavy (non-hydrogen) atoms. The van der Waals surface area contributed by atoms with E-state index in [4.69, 9.17) is 11.6 Å². The first-order valence-corrected chi connectivity index (χ1v) is 7.96. The summed E-state index contributed by atoms with van der Waals surface area (Å²) in [6.07, 6.45) is -3.04. The van der Waals surface area contributed by atoms with E-state index in [0.717, 1.165) is 0 Å². The second kappa shape index (κ2) is 5.93. The maximum absolute atomic E-state index is 14.4. The Kier molecular flexibility index (Phi) is 4.21. The smallest absolute Gasteiger partial charge is 0.340 e. The first-order chi connectivity index (χ1) is 11.3. The molecule has 128 valence electrons. The van der Waals surface area contributed by atoms with Crippen LogP contribution in [0.3, 0.4) is 0 Å². The van der Waals surface area contributed by atoms with Crippen molar-refractivity contribution < 1.29 is 13.2 Å². The number of nitrogens with zero attached hydrogens (tertiary/aromatic N) is 1. The van der Waals surface area contributed by atoms with Crippen LogP contribution in [0.5, 0.6) is 0 Å². The normalized spacial score (nSPS) is 19.6. The molecule has 1 unspecified atom stereocenters. The molecule has 0 aliphatic carbocycles. The zero-order valence-corrected chi connectivity index (χ0v) is 14.0. The van der Waals surface area contributed by atoms with Gasteiger partial charge in [-0.2, -0.15) is 13.2 Å². The van der Waals surface area contributed by atoms with E-state index in [9.17, 15) is 13.2 Å². The van der Waals surface area contributed by atoms with Crippen molar-refractivity contribution in [2.45, 2.75) is 31.5 Å². The summed E-state index contributed by atoms with van der Waals surface area (Å²) in [6, 6.07) is 7.40. The lowest BCUT2D eigenvalue weighted by Crippen LogP contribution is -2.53. The fourth-order valence-corrected chi connectivity index (χ4v) is 3.23. The molecule has 1 aromatic heterocycles. The molecule has 0 bridgehead atoms. The van der Waals surface area contributed by atoms with Gasteiger partial charge in [0.15, 0.2) is 0 Å². The number of hydrogen-bond donors (Lipinski definition) is 2. The molecule has 1 aliphatic heterocycles. The Hall–Kier alpha value is -1.79. The van der Waals surface area contributed by atoms with Gasteiger partial charge in [-0.05, 0) is 29.8 Å². The average molecular weight is 356 g/mol. The third-order valence-electron chi connectivity index (χ3n) is 4.22. The summed E-state index contributed by atoms with van der Waals surface area (Å²) < 4.78 is 43.2. The van der Waals surface area contributed by atoms with Crippen LogP contribution in [-0.2, 0) is 5.41 Å². The molecule has 0 saturated carbocycles. The van der Waals surface area contributed by atoms with Crippen molar-refractivity contribution in [3.8, 4) is 0 Å². The van der Waals surface area contributed by atoms with E-state index in [1.807, 2.05) is 13.8 Å². The average Bonchev–Trinajstić information content (AvgIpc) is 2.50. The van der Waals surface area contributed by atoms with Gasteiger partial charge >= 0.3 is 6.18 Å². The number of rotatable bonds is 3. The Labute approximate surface area is 143 Å². The molecule has 1 aliphatic rings. The fourth-order valence-electron chi connectivity index (χ4n) is 3.05. The van der Waals surface area contributed by atoms with E-state index < -0.39 is 11.6 Å². The number of alkyl halides is 3. The molecule has 7 heteroatoms. The molecule has 0 fully saturated rings. The minimum Gasteiger partial charge on any atom is -0.340 e. The molecule has 3 nitrogen and oxygen atoms in total. The highest BCUT2D eigenvalue weighted by Crippen LogP contribution is 2.53. The van der Waals surface area contributed by atoms with Gasteiger partial charge < -0.3 is 10.6 Å². The van der Waals surface area contributed by atoms with Crippen molar-refractivity contribution in [1.29, 1.82) is 0 Å². The SMILES string of the molecule is CC(C)NCC1(C(F)(F)F)c2cc(Cl)ccc2Nc2ncccc21. The number of aromatic nitrogens is 1. The molecule has 0 radical (unpaired) electrons. The zero-order chi connectivity index (χ0) is 17.5. The van der Waals surface area contributed by atoms with Crippen molar-refractivity contribution in [2.75, 3.05) is 11.9 Å². The molecule has 0 saturated heterocycles. The Balaban J connectivity index is 2.31. The van der Waals surface area contributed by atoms with E-state index in [2.05, 4.69) is 15.6 Å². The third-order valence-corrected chi connectivity index (χ3v) is 4.46. The molecule has 1 aromatic carbocycles. The van der Waals surface area contributed by atoms with Gasteiger partial charge in [-0.25, -0.2) is 4.98 Å². The van der Waals surface area contributed by atoms with E-state index in [1.165, 1.54) is 24.4 Å². The van der Waals surface area contributed by atoms with Crippen LogP contribution in [-0.4, -0.2) is 23.7 Å². The number of benzene rings is 1. The lowest BCUT2D eigenvalue weighted by molar-refractivity contribution is -0.177. The molecule has 2 heterocycles. The van der Waals surface area contributed by atoms with Gasteiger partial charge in [-0.1, -0.05) is 31.5 Å². The summed E-state index contributed by atoms with van der Waals surface area (Å²) in [5.74, 6) is 0.218. The molecule has 3 rings (SSSR count). The van der Waals surface area contributed by atoms with Crippen molar-refractivity contribution in [2.24, 2.45) is 0 Å². The maximum Gasteiger partial charge on any atom is 0.403 e. The van der Waals surface area contributed by atoms with Gasteiger partial charge in [0.05, 0.1) is 0 Å². The minimum absolute atomic E-state index is 0.0955. The van der Waals surface area contributed by atoms with E-state index in [0.29, 0.717) is 5.69 Å². The Bertz CT molecular complexity index is 761. The molecule has 1 atom stereocenters. The van der Waals surface area contributed by atoms with Gasteiger partial charge in [0.25, 0.3) is 0 Å². The van der Waals surface area contributed by atoms with Crippen LogP contribution in [0.2, 0.25) is 5.02 Å². The highest BCUT2D eigenvalue weighted by atomic mass is 35.5. The van der Waals surface area contributed by atoms with Crippen LogP contribution in [0.15, 0.2) is 36.5 Å². The molecule has 2 aromatic rings. The number of halogens is 4. The van der Waals surface area contributed by atoms with Gasteiger partial charge in [-0.15, -0.1) is 0 Å². The second-order valence-electron chi connectivity index (χ2n) is 6.15. The lowest BCUT2D eigenvalue weighted by atomic mass is 9.71. The summed E-state index contributed by atoms with van der Waals surface area (Å²) >= 11 is 6.01. The highest BCUT2D eigenvalue weighted by molar-refractivity contribution is 6.30. The van der Waals surface area contributed by atoms with Crippen LogP contribution < -0.4 is 10.6 Å². The number of nitrogens with one attached hydrogen (secondary N) is 2. The molecular weight excluding hydrogens is 339 g/mol. The van der Waals surface area contributed by atoms with Gasteiger partial charge in [-0.3, -0.25) is 0 Å². The number of pyridine rings is 1. The van der Waals surface area contributed by atoms with Crippen LogP contribution >= 0.6 is 11.6 Å². The minimum atomic E-state index is -4.52. The maximum atomic E-state index is 14.4. The number of fused-ring (bicyclic) bond motifs is 2. The summed E-state index contributed by atoms with van der Waals surface area (Å²) in [6.45, 7) is 3.34. The Morgan fingerprint density at radius 1 is 1.25 bits per heavy atom. The van der Waals surface area contributed by atoms with Crippen LogP contribution in [0.4, 0.5) is 24.7 Å². The first-order valence-electron chi connectivity index (χ1n) is 7.58. The van der Waals surface area contributed by atoms with Gasteiger partial charge in [0.1, 0.15) is 11.2 Å². The predicted octanol–water partition coefficient (Wildman–Crippen LogP) is 4.64. The summed E-state index contributed by atoms with van der Waals surface area (Å²) in [7, 11) is 0. The summed E-state index contributed by atoms with van der Waals surface area (Å²) in [5.41, 5.74) is -1.64. The van der Waals surface area contributed by atoms with Crippen molar-refractivity contribution >= 4 is 23.1 Å². The third kappa shape index (κ3) is 2.63. The van der Waals surface area contributed by atoms with Crippen molar-refractivity contribution in [1.82, 2.24) is 10.3 Å². The monoisotopic (exact) mass is 355 g/mol. The largest absolute Gasteiger partial charge is 0.403 e. The fraction of sp³-hybridized carbons (Fsp3) is 0.353. The van der Waals surface area contributed by atoms with E-state index in [-0.39, 0.29) is 34.6 Å². The van der Waals surface area contributed by atoms with Crippen LogP contribution in [0, 0.1) is 0 Å². The summed E-state index contributed by atoms with van der Waals surface area (Å²) in [4.78, 5) is 4.10. The van der Waals surface area contributed by atoms with Gasteiger partial charge in [0, 0.05) is 35.1 Å². The topological polar surface area (TPSA) is 37.0 Å². The lowest BCUT2D eigenvalue weighted by Gasteiger charge is -2.42. The molecular formula is C17H17ClF3N3. The molecule has 0 spiro atoms. The molecule has 2 N–H and O–H groups in total. The number of anilines is 2. The Morgan fingerprint density at radius 2 is 2.00 bits per heavy atom. The van der Waals surface area contributed by atoms with Crippen LogP contribution in [0.1, 0.15) is 25.0 Å². The quantitative estimate of drug-likeness (QED) is 0.842. The standard InChI is InChI=1S/C17H17ClF3N3/c1-10(2)23-9-16(17(19,20)21)12-4-3-7-22-15(12)24-14-6-5-11(18)8-13(14)16/h3-8,10,23H,9H2,1-2H3,(H,22,24). The summed E-state index contributed by atoms with van der Waals surface area (Å²) in [5, 5.41) is 6.19. The second-order valence-corrected chi connectivity index (χ2v) is 6.59. The highest BCUT2D eigenvalue weighted by Gasteiger charge is 2.60. The van der Waals surface area contributed by atoms with E-state index >= 15 is 0 Å². The predicted molar refractivity (Wildman–Crippen MR) is 88.9 cm³/mol. The van der Waals surface area contributed by atoms with Crippen LogP contribution in [0.25, 0.3) is 0 Å². The Morgan fingerprint density at radius 3 is 2.67 bits per heavy atom. The van der Waals surface area contributed by atoms with Crippen molar-refractivity contribution in [3.63, 3.8) is 0 Å². The van der Waals surface area contributed by atoms with E-state index in [1.54, 1.807) is 12.1 Å². The van der Waals surface area contributed by atoms with Crippen molar-refractivity contribution in [3.05, 3.63) is 52.7 Å². The van der Waals surface area contributed by atoms with Gasteiger partial charge in [0.2, 0.25) is 0 Å². The zero-order valence-electron chi connectivity index (χ0n) is 13.2. The first kappa shape index (κ1) is 17.0.